The van der Waals surface area contributed by atoms with Crippen LogP contribution in [-0.2, 0) is 21.1 Å². The van der Waals surface area contributed by atoms with Gasteiger partial charge in [0.2, 0.25) is 0 Å². The Labute approximate surface area is 181 Å². The molecule has 10 heteroatoms. The lowest BCUT2D eigenvalue weighted by Crippen LogP contribution is -2.42. The number of benzene rings is 1. The summed E-state index contributed by atoms with van der Waals surface area (Å²) >= 11 is 0. The van der Waals surface area contributed by atoms with Crippen LogP contribution in [0, 0.1) is 18.3 Å². The number of nitriles is 1. The van der Waals surface area contributed by atoms with Crippen LogP contribution in [0.4, 0.5) is 10.6 Å². The van der Waals surface area contributed by atoms with E-state index in [0.717, 1.165) is 11.3 Å². The average molecular weight is 444 g/mol. The first-order valence-electron chi connectivity index (χ1n) is 10.1. The van der Waals surface area contributed by atoms with Crippen molar-refractivity contribution in [2.75, 3.05) is 17.7 Å². The third kappa shape index (κ3) is 4.66. The summed E-state index contributed by atoms with van der Waals surface area (Å²) in [5.41, 5.74) is 0.964. The number of amides is 1. The number of rotatable bonds is 6. The van der Waals surface area contributed by atoms with Crippen LogP contribution < -0.4 is 10.2 Å². The van der Waals surface area contributed by atoms with Crippen LogP contribution in [0.3, 0.4) is 0 Å². The summed E-state index contributed by atoms with van der Waals surface area (Å²) in [5, 5.41) is 15.7. The number of carbonyl (C=O) groups excluding carboxylic acids is 1. The van der Waals surface area contributed by atoms with Crippen LogP contribution >= 0.6 is 0 Å². The number of alkyl carbamates (subject to hydrolysis) is 1. The molecule has 1 saturated carbocycles. The van der Waals surface area contributed by atoms with Crippen molar-refractivity contribution in [3.05, 3.63) is 47.7 Å². The molecule has 1 aliphatic carbocycles. The molecule has 1 aromatic carbocycles. The Morgan fingerprint density at radius 3 is 2.68 bits per heavy atom. The monoisotopic (exact) mass is 443 g/mol. The van der Waals surface area contributed by atoms with Crippen molar-refractivity contribution in [3.63, 3.8) is 0 Å². The molecule has 0 unspecified atom stereocenters. The highest BCUT2D eigenvalue weighted by Crippen LogP contribution is 2.35. The van der Waals surface area contributed by atoms with E-state index in [1.165, 1.54) is 6.26 Å². The number of hydrogen-bond acceptors (Lipinski definition) is 7. The molecule has 9 nitrogen and oxygen atoms in total. The van der Waals surface area contributed by atoms with Crippen LogP contribution in [0.1, 0.15) is 30.5 Å². The fourth-order valence-corrected chi connectivity index (χ4v) is 4.75. The maximum absolute atomic E-state index is 12.4. The van der Waals surface area contributed by atoms with E-state index in [9.17, 15) is 18.5 Å². The van der Waals surface area contributed by atoms with Crippen molar-refractivity contribution in [3.8, 4) is 6.07 Å². The second kappa shape index (κ2) is 7.89. The zero-order valence-corrected chi connectivity index (χ0v) is 18.3. The molecule has 1 N–H and O–H groups in total. The van der Waals surface area contributed by atoms with Gasteiger partial charge in [-0.15, -0.1) is 0 Å². The Bertz CT molecular complexity index is 1120. The minimum absolute atomic E-state index is 0.154. The van der Waals surface area contributed by atoms with E-state index in [0.29, 0.717) is 25.2 Å². The zero-order valence-electron chi connectivity index (χ0n) is 17.5. The predicted octanol–water partition coefficient (Wildman–Crippen LogP) is 1.97. The van der Waals surface area contributed by atoms with E-state index in [1.54, 1.807) is 9.58 Å². The first kappa shape index (κ1) is 21.2. The molecule has 1 aliphatic heterocycles. The van der Waals surface area contributed by atoms with Gasteiger partial charge in [0.15, 0.2) is 16.1 Å². The lowest BCUT2D eigenvalue weighted by Gasteiger charge is -2.27. The average Bonchev–Trinajstić information content (AvgIpc) is 3.19. The van der Waals surface area contributed by atoms with E-state index >= 15 is 0 Å². The maximum Gasteiger partial charge on any atom is 0.410 e. The molecule has 2 aliphatic rings. The Morgan fingerprint density at radius 2 is 2.06 bits per heavy atom. The predicted molar refractivity (Wildman–Crippen MR) is 114 cm³/mol. The highest BCUT2D eigenvalue weighted by Gasteiger charge is 2.47. The molecule has 2 atom stereocenters. The summed E-state index contributed by atoms with van der Waals surface area (Å²) in [4.78, 5) is 14.2. The van der Waals surface area contributed by atoms with Gasteiger partial charge < -0.3 is 15.0 Å². The van der Waals surface area contributed by atoms with Gasteiger partial charge in [0.1, 0.15) is 11.4 Å². The van der Waals surface area contributed by atoms with Gasteiger partial charge in [-0.3, -0.25) is 0 Å². The normalized spacial score (nSPS) is 22.0. The number of sulfone groups is 1. The van der Waals surface area contributed by atoms with Crippen LogP contribution in [0.2, 0.25) is 0 Å². The van der Waals surface area contributed by atoms with E-state index < -0.39 is 32.9 Å². The van der Waals surface area contributed by atoms with Gasteiger partial charge in [0.25, 0.3) is 0 Å². The third-order valence-electron chi connectivity index (χ3n) is 5.72. The van der Waals surface area contributed by atoms with E-state index in [4.69, 9.17) is 4.74 Å². The van der Waals surface area contributed by atoms with Crippen LogP contribution in [0.5, 0.6) is 0 Å². The summed E-state index contributed by atoms with van der Waals surface area (Å²) in [7, 11) is -3.34. The smallest absolute Gasteiger partial charge is 0.410 e. The Balaban J connectivity index is 1.59. The van der Waals surface area contributed by atoms with Gasteiger partial charge in [-0.05, 0) is 25.3 Å². The van der Waals surface area contributed by atoms with Crippen molar-refractivity contribution in [2.24, 2.45) is 0 Å². The standard InChI is InChI=1S/C21H25N5O4S/c1-15-10-18(26(24-15)12-16-6-4-3-5-7-16)25-13-17(31(2,28)29)11-19(25)30-20(27)23-21(14-22)8-9-21/h3-7,10,17,19H,8-9,11-13H2,1-2H3,(H,23,27)/t17-,19+/m1/s1. The number of nitrogens with one attached hydrogen (secondary N) is 1. The molecule has 2 aromatic rings. The van der Waals surface area contributed by atoms with Crippen LogP contribution in [0.15, 0.2) is 36.4 Å². The molecule has 1 aromatic heterocycles. The van der Waals surface area contributed by atoms with Crippen LogP contribution in [-0.4, -0.2) is 54.1 Å². The Kier molecular flexibility index (Phi) is 5.39. The Morgan fingerprint density at radius 1 is 1.35 bits per heavy atom. The Hall–Kier alpha value is -3.06. The molecule has 1 saturated heterocycles. The van der Waals surface area contributed by atoms with E-state index in [-0.39, 0.29) is 13.0 Å². The van der Waals surface area contributed by atoms with Crippen molar-refractivity contribution < 1.29 is 17.9 Å². The topological polar surface area (TPSA) is 117 Å². The lowest BCUT2D eigenvalue weighted by molar-refractivity contribution is 0.0995. The molecule has 2 heterocycles. The van der Waals surface area contributed by atoms with Crippen molar-refractivity contribution in [2.45, 2.75) is 49.7 Å². The van der Waals surface area contributed by atoms with Gasteiger partial charge in [0, 0.05) is 25.3 Å². The lowest BCUT2D eigenvalue weighted by atomic mass is 10.2. The van der Waals surface area contributed by atoms with Gasteiger partial charge in [-0.2, -0.15) is 10.4 Å². The molecule has 0 radical (unpaired) electrons. The highest BCUT2D eigenvalue weighted by atomic mass is 32.2. The minimum Gasteiger partial charge on any atom is -0.425 e. The molecular formula is C21H25N5O4S. The number of aryl methyl sites for hydroxylation is 1. The van der Waals surface area contributed by atoms with Crippen molar-refractivity contribution in [1.82, 2.24) is 15.1 Å². The van der Waals surface area contributed by atoms with Gasteiger partial charge in [-0.25, -0.2) is 17.9 Å². The van der Waals surface area contributed by atoms with Crippen LogP contribution in [0.25, 0.3) is 0 Å². The SMILES string of the molecule is Cc1cc(N2C[C@H](S(C)(=O)=O)C[C@@H]2OC(=O)NC2(C#N)CC2)n(Cc2ccccc2)n1. The highest BCUT2D eigenvalue weighted by molar-refractivity contribution is 7.91. The zero-order chi connectivity index (χ0) is 22.2. The molecule has 0 bridgehead atoms. The molecule has 1 amide bonds. The van der Waals surface area contributed by atoms with Gasteiger partial charge >= 0.3 is 6.09 Å². The molecule has 2 fully saturated rings. The first-order valence-corrected chi connectivity index (χ1v) is 12.1. The van der Waals surface area contributed by atoms with Crippen molar-refractivity contribution >= 4 is 21.7 Å². The summed E-state index contributed by atoms with van der Waals surface area (Å²) in [6.45, 7) is 2.56. The number of carbonyl (C=O) groups is 1. The van der Waals surface area contributed by atoms with Gasteiger partial charge in [0.05, 0.1) is 23.6 Å². The fourth-order valence-electron chi connectivity index (χ4n) is 3.80. The largest absolute Gasteiger partial charge is 0.425 e. The fraction of sp³-hybridized carbons (Fsp3) is 0.476. The minimum atomic E-state index is -3.34. The number of hydrogen-bond donors (Lipinski definition) is 1. The molecule has 31 heavy (non-hydrogen) atoms. The second-order valence-corrected chi connectivity index (χ2v) is 10.6. The quantitative estimate of drug-likeness (QED) is 0.725. The first-order chi connectivity index (χ1) is 14.7. The third-order valence-corrected chi connectivity index (χ3v) is 7.27. The van der Waals surface area contributed by atoms with E-state index in [2.05, 4.69) is 16.5 Å². The molecule has 164 valence electrons. The van der Waals surface area contributed by atoms with E-state index in [1.807, 2.05) is 43.3 Å². The second-order valence-electron chi connectivity index (χ2n) is 8.31. The number of nitrogens with zero attached hydrogens (tertiary/aromatic N) is 4. The summed E-state index contributed by atoms with van der Waals surface area (Å²) < 4.78 is 31.9. The summed E-state index contributed by atoms with van der Waals surface area (Å²) in [6, 6.07) is 13.8. The molecular weight excluding hydrogens is 418 g/mol. The maximum atomic E-state index is 12.4. The van der Waals surface area contributed by atoms with Crippen molar-refractivity contribution in [1.29, 1.82) is 5.26 Å². The number of anilines is 1. The molecule has 4 rings (SSSR count). The number of ether oxygens (including phenoxy) is 1. The molecule has 0 spiro atoms. The summed E-state index contributed by atoms with van der Waals surface area (Å²) in [6.07, 6.45) is 1.03. The number of aromatic nitrogens is 2. The van der Waals surface area contributed by atoms with Gasteiger partial charge in [-0.1, -0.05) is 30.3 Å². The summed E-state index contributed by atoms with van der Waals surface area (Å²) in [5.74, 6) is 0.687.